The Bertz CT molecular complexity index is 810. The predicted octanol–water partition coefficient (Wildman–Crippen LogP) is 3.00. The highest BCUT2D eigenvalue weighted by molar-refractivity contribution is 7.09. The molecule has 1 aliphatic heterocycles. The normalized spacial score (nSPS) is 14.1. The van der Waals surface area contributed by atoms with E-state index in [-0.39, 0.29) is 11.8 Å². The van der Waals surface area contributed by atoms with Crippen LogP contribution >= 0.6 is 11.3 Å². The highest BCUT2D eigenvalue weighted by Crippen LogP contribution is 2.21. The number of aromatic nitrogens is 1. The summed E-state index contributed by atoms with van der Waals surface area (Å²) in [4.78, 5) is 33.2. The Balaban J connectivity index is 1.68. The first-order valence-electron chi connectivity index (χ1n) is 8.74. The molecule has 0 atom stereocenters. The number of nitrogens with zero attached hydrogens (tertiary/aromatic N) is 3. The maximum Gasteiger partial charge on any atom is 0.275 e. The molecule has 26 heavy (non-hydrogen) atoms. The number of anilines is 1. The monoisotopic (exact) mass is 372 g/mol. The van der Waals surface area contributed by atoms with E-state index in [4.69, 9.17) is 0 Å². The number of benzene rings is 1. The van der Waals surface area contributed by atoms with Crippen molar-refractivity contribution in [3.63, 3.8) is 0 Å². The Morgan fingerprint density at radius 3 is 2.65 bits per heavy atom. The number of carbonyl (C=O) groups excluding carboxylic acids is 2. The lowest BCUT2D eigenvalue weighted by atomic mass is 10.1. The van der Waals surface area contributed by atoms with Crippen LogP contribution in [0.3, 0.4) is 0 Å². The fraction of sp³-hybridized carbons (Fsp3) is 0.421. The van der Waals surface area contributed by atoms with E-state index in [0.717, 1.165) is 36.5 Å². The number of nitrogens with one attached hydrogen (secondary N) is 1. The van der Waals surface area contributed by atoms with E-state index in [0.29, 0.717) is 23.5 Å². The zero-order valence-electron chi connectivity index (χ0n) is 15.4. The summed E-state index contributed by atoms with van der Waals surface area (Å²) >= 11 is 1.48. The van der Waals surface area contributed by atoms with Crippen molar-refractivity contribution in [3.05, 3.63) is 45.4 Å². The summed E-state index contributed by atoms with van der Waals surface area (Å²) in [6.07, 6.45) is 2.14. The van der Waals surface area contributed by atoms with Crippen molar-refractivity contribution in [1.82, 2.24) is 14.8 Å². The lowest BCUT2D eigenvalue weighted by molar-refractivity contribution is 0.0792. The SMILES string of the molecule is Cc1cc(C(=O)N2CCCC2)ccc1NC(=O)c1csc(CN(C)C)n1. The van der Waals surface area contributed by atoms with Gasteiger partial charge in [0.25, 0.3) is 11.8 Å². The van der Waals surface area contributed by atoms with Crippen LogP contribution in [0.5, 0.6) is 0 Å². The number of hydrogen-bond donors (Lipinski definition) is 1. The van der Waals surface area contributed by atoms with E-state index in [9.17, 15) is 9.59 Å². The first-order chi connectivity index (χ1) is 12.4. The third-order valence-corrected chi connectivity index (χ3v) is 5.18. The summed E-state index contributed by atoms with van der Waals surface area (Å²) < 4.78 is 0. The van der Waals surface area contributed by atoms with Crippen LogP contribution in [0.15, 0.2) is 23.6 Å². The van der Waals surface area contributed by atoms with Gasteiger partial charge in [-0.15, -0.1) is 11.3 Å². The maximum absolute atomic E-state index is 12.5. The first-order valence-corrected chi connectivity index (χ1v) is 9.62. The van der Waals surface area contributed by atoms with Gasteiger partial charge in [0.05, 0.1) is 0 Å². The van der Waals surface area contributed by atoms with Gasteiger partial charge in [-0.2, -0.15) is 0 Å². The molecule has 1 fully saturated rings. The minimum Gasteiger partial charge on any atom is -0.339 e. The third kappa shape index (κ3) is 4.28. The second-order valence-electron chi connectivity index (χ2n) is 6.85. The molecule has 1 saturated heterocycles. The summed E-state index contributed by atoms with van der Waals surface area (Å²) in [5, 5.41) is 5.57. The summed E-state index contributed by atoms with van der Waals surface area (Å²) in [5.41, 5.74) is 2.66. The van der Waals surface area contributed by atoms with E-state index in [2.05, 4.69) is 10.3 Å². The van der Waals surface area contributed by atoms with Crippen LogP contribution in [0.25, 0.3) is 0 Å². The fourth-order valence-electron chi connectivity index (χ4n) is 2.98. The number of aryl methyl sites for hydroxylation is 1. The lowest BCUT2D eigenvalue weighted by Gasteiger charge is -2.16. The molecule has 6 nitrogen and oxygen atoms in total. The highest BCUT2D eigenvalue weighted by Gasteiger charge is 2.20. The van der Waals surface area contributed by atoms with Gasteiger partial charge in [-0.05, 0) is 57.6 Å². The number of carbonyl (C=O) groups is 2. The Morgan fingerprint density at radius 1 is 1.27 bits per heavy atom. The highest BCUT2D eigenvalue weighted by atomic mass is 32.1. The Kier molecular flexibility index (Phi) is 5.68. The predicted molar refractivity (Wildman–Crippen MR) is 104 cm³/mol. The number of likely N-dealkylation sites (tertiary alicyclic amines) is 1. The third-order valence-electron chi connectivity index (χ3n) is 4.35. The molecule has 3 rings (SSSR count). The molecule has 1 N–H and O–H groups in total. The van der Waals surface area contributed by atoms with Gasteiger partial charge in [0.1, 0.15) is 10.7 Å². The van der Waals surface area contributed by atoms with Gasteiger partial charge in [0, 0.05) is 36.3 Å². The molecular weight excluding hydrogens is 348 g/mol. The number of hydrogen-bond acceptors (Lipinski definition) is 5. The summed E-state index contributed by atoms with van der Waals surface area (Å²) in [7, 11) is 3.94. The number of amides is 2. The van der Waals surface area contributed by atoms with Crippen LogP contribution in [-0.4, -0.2) is 53.8 Å². The van der Waals surface area contributed by atoms with Gasteiger partial charge in [-0.25, -0.2) is 4.98 Å². The fourth-order valence-corrected chi connectivity index (χ4v) is 3.88. The van der Waals surface area contributed by atoms with E-state index in [1.54, 1.807) is 17.5 Å². The molecule has 2 heterocycles. The zero-order valence-corrected chi connectivity index (χ0v) is 16.2. The second kappa shape index (κ2) is 7.97. The van der Waals surface area contributed by atoms with Gasteiger partial charge in [-0.3, -0.25) is 9.59 Å². The quantitative estimate of drug-likeness (QED) is 0.876. The minimum absolute atomic E-state index is 0.0660. The Hall–Kier alpha value is -2.25. The molecular formula is C19H24N4O2S. The zero-order chi connectivity index (χ0) is 18.7. The van der Waals surface area contributed by atoms with Gasteiger partial charge < -0.3 is 15.1 Å². The van der Waals surface area contributed by atoms with Crippen LogP contribution in [-0.2, 0) is 6.54 Å². The summed E-state index contributed by atoms with van der Waals surface area (Å²) in [6, 6.07) is 5.42. The van der Waals surface area contributed by atoms with Crippen molar-refractivity contribution < 1.29 is 9.59 Å². The van der Waals surface area contributed by atoms with E-state index in [1.807, 2.05) is 36.9 Å². The van der Waals surface area contributed by atoms with Crippen molar-refractivity contribution in [2.75, 3.05) is 32.5 Å². The van der Waals surface area contributed by atoms with Crippen LogP contribution in [0.2, 0.25) is 0 Å². The molecule has 1 aromatic carbocycles. The molecule has 0 saturated carbocycles. The number of thiazole rings is 1. The van der Waals surface area contributed by atoms with Crippen molar-refractivity contribution in [1.29, 1.82) is 0 Å². The van der Waals surface area contributed by atoms with Crippen molar-refractivity contribution in [3.8, 4) is 0 Å². The first kappa shape index (κ1) is 18.5. The summed E-state index contributed by atoms with van der Waals surface area (Å²) in [6.45, 7) is 4.27. The van der Waals surface area contributed by atoms with Gasteiger partial charge in [-0.1, -0.05) is 0 Å². The topological polar surface area (TPSA) is 65.5 Å². The van der Waals surface area contributed by atoms with E-state index in [1.165, 1.54) is 11.3 Å². The molecule has 1 aliphatic rings. The van der Waals surface area contributed by atoms with Gasteiger partial charge in [0.2, 0.25) is 0 Å². The molecule has 1 aromatic heterocycles. The smallest absolute Gasteiger partial charge is 0.275 e. The Labute approximate surface area is 157 Å². The van der Waals surface area contributed by atoms with Crippen LogP contribution in [0.4, 0.5) is 5.69 Å². The molecule has 2 amide bonds. The largest absolute Gasteiger partial charge is 0.339 e. The Morgan fingerprint density at radius 2 is 2.00 bits per heavy atom. The minimum atomic E-state index is -0.229. The molecule has 0 aliphatic carbocycles. The average Bonchev–Trinajstić information content (AvgIpc) is 3.27. The van der Waals surface area contributed by atoms with Crippen LogP contribution in [0.1, 0.15) is 44.3 Å². The van der Waals surface area contributed by atoms with Crippen molar-refractivity contribution >= 4 is 28.8 Å². The second-order valence-corrected chi connectivity index (χ2v) is 7.79. The number of rotatable bonds is 5. The van der Waals surface area contributed by atoms with Crippen molar-refractivity contribution in [2.24, 2.45) is 0 Å². The molecule has 0 bridgehead atoms. The molecule has 0 spiro atoms. The molecule has 0 unspecified atom stereocenters. The van der Waals surface area contributed by atoms with Gasteiger partial charge in [0.15, 0.2) is 0 Å². The van der Waals surface area contributed by atoms with E-state index < -0.39 is 0 Å². The standard InChI is InChI=1S/C19H24N4O2S/c1-13-10-14(19(25)23-8-4-5-9-23)6-7-15(13)21-18(24)16-12-26-17(20-16)11-22(2)3/h6-7,10,12H,4-5,8-9,11H2,1-3H3,(H,21,24). The van der Waals surface area contributed by atoms with Crippen LogP contribution in [0, 0.1) is 6.92 Å². The lowest BCUT2D eigenvalue weighted by Crippen LogP contribution is -2.27. The summed E-state index contributed by atoms with van der Waals surface area (Å²) in [5.74, 6) is -0.163. The molecule has 2 aromatic rings. The van der Waals surface area contributed by atoms with Gasteiger partial charge >= 0.3 is 0 Å². The van der Waals surface area contributed by atoms with Crippen molar-refractivity contribution in [2.45, 2.75) is 26.3 Å². The van der Waals surface area contributed by atoms with Crippen LogP contribution < -0.4 is 5.32 Å². The maximum atomic E-state index is 12.5. The molecule has 138 valence electrons. The molecule has 0 radical (unpaired) electrons. The van der Waals surface area contributed by atoms with E-state index >= 15 is 0 Å². The molecule has 7 heteroatoms. The average molecular weight is 372 g/mol.